The summed E-state index contributed by atoms with van der Waals surface area (Å²) in [5.41, 5.74) is 2.11. The van der Waals surface area contributed by atoms with E-state index in [1.807, 2.05) is 47.0 Å². The van der Waals surface area contributed by atoms with E-state index in [-0.39, 0.29) is 11.6 Å². The molecule has 0 saturated heterocycles. The van der Waals surface area contributed by atoms with Crippen LogP contribution in [0.3, 0.4) is 0 Å². The highest BCUT2D eigenvalue weighted by molar-refractivity contribution is 8.00. The lowest BCUT2D eigenvalue weighted by molar-refractivity contribution is -0.384. The van der Waals surface area contributed by atoms with Crippen molar-refractivity contribution < 1.29 is 9.72 Å². The summed E-state index contributed by atoms with van der Waals surface area (Å²) < 4.78 is 1.89. The van der Waals surface area contributed by atoms with Gasteiger partial charge in [0.1, 0.15) is 0 Å². The number of carbonyl (C=O) groups is 1. The van der Waals surface area contributed by atoms with Crippen molar-refractivity contribution in [3.8, 4) is 17.1 Å². The van der Waals surface area contributed by atoms with Crippen molar-refractivity contribution in [3.63, 3.8) is 0 Å². The van der Waals surface area contributed by atoms with Gasteiger partial charge in [0, 0.05) is 41.5 Å². The maximum absolute atomic E-state index is 12.7. The number of nitro benzene ring substituents is 1. The Balaban J connectivity index is 1.57. The standard InChI is InChI=1S/C22H18N6O3S/c1-15(21(29)24-17-9-11-19(12-10-17)28(30)31)32-22-26-25-20(16-6-5-13-23-14-16)27(22)18-7-3-2-4-8-18/h2-15H,1H3,(H,24,29). The molecule has 2 aromatic heterocycles. The number of amides is 1. The summed E-state index contributed by atoms with van der Waals surface area (Å²) in [7, 11) is 0. The number of hydrogen-bond acceptors (Lipinski definition) is 7. The van der Waals surface area contributed by atoms with Crippen molar-refractivity contribution in [3.05, 3.63) is 89.2 Å². The summed E-state index contributed by atoms with van der Waals surface area (Å²) in [6.45, 7) is 1.76. The average molecular weight is 446 g/mol. The zero-order chi connectivity index (χ0) is 22.5. The molecule has 1 N–H and O–H groups in total. The van der Waals surface area contributed by atoms with Gasteiger partial charge in [-0.3, -0.25) is 24.5 Å². The molecular weight excluding hydrogens is 428 g/mol. The molecule has 160 valence electrons. The number of anilines is 1. The Morgan fingerprint density at radius 2 is 1.81 bits per heavy atom. The Morgan fingerprint density at radius 1 is 1.06 bits per heavy atom. The maximum atomic E-state index is 12.7. The van der Waals surface area contributed by atoms with Crippen LogP contribution >= 0.6 is 11.8 Å². The SMILES string of the molecule is CC(Sc1nnc(-c2cccnc2)n1-c1ccccc1)C(=O)Nc1ccc([N+](=O)[O-])cc1. The third-order valence-corrected chi connectivity index (χ3v) is 5.61. The number of pyridine rings is 1. The van der Waals surface area contributed by atoms with Crippen LogP contribution in [0.2, 0.25) is 0 Å². The number of aromatic nitrogens is 4. The number of nitro groups is 1. The first kappa shape index (κ1) is 21.2. The van der Waals surface area contributed by atoms with E-state index in [0.717, 1.165) is 11.3 Å². The highest BCUT2D eigenvalue weighted by atomic mass is 32.2. The van der Waals surface area contributed by atoms with Crippen molar-refractivity contribution in [2.24, 2.45) is 0 Å². The van der Waals surface area contributed by atoms with Crippen LogP contribution in [0.25, 0.3) is 17.1 Å². The number of para-hydroxylation sites is 1. The minimum Gasteiger partial charge on any atom is -0.325 e. The number of rotatable bonds is 7. The Morgan fingerprint density at radius 3 is 2.47 bits per heavy atom. The lowest BCUT2D eigenvalue weighted by Crippen LogP contribution is -2.22. The quantitative estimate of drug-likeness (QED) is 0.255. The average Bonchev–Trinajstić information content (AvgIpc) is 3.24. The van der Waals surface area contributed by atoms with Crippen molar-refractivity contribution in [1.82, 2.24) is 19.7 Å². The largest absolute Gasteiger partial charge is 0.325 e. The summed E-state index contributed by atoms with van der Waals surface area (Å²) in [5.74, 6) is 0.365. The van der Waals surface area contributed by atoms with Crippen LogP contribution < -0.4 is 5.32 Å². The van der Waals surface area contributed by atoms with E-state index in [0.29, 0.717) is 16.7 Å². The van der Waals surface area contributed by atoms with E-state index in [4.69, 9.17) is 0 Å². The summed E-state index contributed by atoms with van der Waals surface area (Å²) in [6, 6.07) is 19.1. The number of non-ortho nitro benzene ring substituents is 1. The zero-order valence-electron chi connectivity index (χ0n) is 17.0. The van der Waals surface area contributed by atoms with Crippen LogP contribution in [0.4, 0.5) is 11.4 Å². The minimum absolute atomic E-state index is 0.0377. The summed E-state index contributed by atoms with van der Waals surface area (Å²) in [5, 5.41) is 22.3. The second-order valence-corrected chi connectivity index (χ2v) is 8.08. The molecule has 0 bridgehead atoms. The topological polar surface area (TPSA) is 116 Å². The molecule has 0 saturated carbocycles. The van der Waals surface area contributed by atoms with Gasteiger partial charge in [-0.1, -0.05) is 30.0 Å². The molecule has 4 aromatic rings. The molecule has 0 aliphatic heterocycles. The Labute approximate surface area is 187 Å². The van der Waals surface area contributed by atoms with Crippen LogP contribution in [0.15, 0.2) is 84.3 Å². The van der Waals surface area contributed by atoms with Gasteiger partial charge in [-0.25, -0.2) is 0 Å². The van der Waals surface area contributed by atoms with Crippen LogP contribution in [-0.2, 0) is 4.79 Å². The first-order chi connectivity index (χ1) is 15.5. The molecule has 0 spiro atoms. The van der Waals surface area contributed by atoms with Crippen LogP contribution in [0, 0.1) is 10.1 Å². The fourth-order valence-corrected chi connectivity index (χ4v) is 3.83. The second kappa shape index (κ2) is 9.40. The van der Waals surface area contributed by atoms with Crippen molar-refractivity contribution in [1.29, 1.82) is 0 Å². The van der Waals surface area contributed by atoms with Crippen molar-refractivity contribution >= 4 is 29.0 Å². The molecule has 10 heteroatoms. The van der Waals surface area contributed by atoms with Crippen molar-refractivity contribution in [2.75, 3.05) is 5.32 Å². The summed E-state index contributed by atoms with van der Waals surface area (Å²) in [4.78, 5) is 27.2. The van der Waals surface area contributed by atoms with Gasteiger partial charge in [0.15, 0.2) is 11.0 Å². The normalized spacial score (nSPS) is 11.7. The molecule has 0 fully saturated rings. The molecule has 0 aliphatic rings. The third-order valence-electron chi connectivity index (χ3n) is 4.56. The molecular formula is C22H18N6O3S. The number of thioether (sulfide) groups is 1. The smallest absolute Gasteiger partial charge is 0.269 e. The van der Waals surface area contributed by atoms with E-state index in [2.05, 4.69) is 20.5 Å². The molecule has 1 atom stereocenters. The summed E-state index contributed by atoms with van der Waals surface area (Å²) in [6.07, 6.45) is 3.40. The highest BCUT2D eigenvalue weighted by Crippen LogP contribution is 2.30. The van der Waals surface area contributed by atoms with Gasteiger partial charge >= 0.3 is 0 Å². The fourth-order valence-electron chi connectivity index (χ4n) is 2.96. The molecule has 0 radical (unpaired) electrons. The summed E-state index contributed by atoms with van der Waals surface area (Å²) >= 11 is 1.26. The Bertz CT molecular complexity index is 1230. The van der Waals surface area contributed by atoms with Crippen molar-refractivity contribution in [2.45, 2.75) is 17.3 Å². The molecule has 2 heterocycles. The lowest BCUT2D eigenvalue weighted by Gasteiger charge is -2.14. The van der Waals surface area contributed by atoms with Gasteiger partial charge in [0.25, 0.3) is 5.69 Å². The number of nitrogens with one attached hydrogen (secondary N) is 1. The molecule has 32 heavy (non-hydrogen) atoms. The number of benzene rings is 2. The fraction of sp³-hybridized carbons (Fsp3) is 0.0909. The number of hydrogen-bond donors (Lipinski definition) is 1. The first-order valence-electron chi connectivity index (χ1n) is 9.66. The van der Waals surface area contributed by atoms with Gasteiger partial charge in [-0.15, -0.1) is 10.2 Å². The van der Waals surface area contributed by atoms with E-state index in [1.54, 1.807) is 19.3 Å². The minimum atomic E-state index is -0.501. The van der Waals surface area contributed by atoms with Gasteiger partial charge in [0.05, 0.1) is 10.2 Å². The monoisotopic (exact) mass is 446 g/mol. The second-order valence-electron chi connectivity index (χ2n) is 6.77. The van der Waals surface area contributed by atoms with Gasteiger partial charge < -0.3 is 5.32 Å². The van der Waals surface area contributed by atoms with Crippen LogP contribution in [0.5, 0.6) is 0 Å². The predicted octanol–water partition coefficient (Wildman–Crippen LogP) is 4.36. The first-order valence-corrected chi connectivity index (χ1v) is 10.5. The molecule has 1 amide bonds. The van der Waals surface area contributed by atoms with E-state index >= 15 is 0 Å². The molecule has 9 nitrogen and oxygen atoms in total. The van der Waals surface area contributed by atoms with Gasteiger partial charge in [-0.2, -0.15) is 0 Å². The van der Waals surface area contributed by atoms with Gasteiger partial charge in [-0.05, 0) is 43.3 Å². The van der Waals surface area contributed by atoms with Crippen LogP contribution in [-0.4, -0.2) is 35.8 Å². The Kier molecular flexibility index (Phi) is 6.22. The predicted molar refractivity (Wildman–Crippen MR) is 122 cm³/mol. The molecule has 0 aliphatic carbocycles. The number of carbonyl (C=O) groups excluding carboxylic acids is 1. The molecule has 2 aromatic carbocycles. The third kappa shape index (κ3) is 4.65. The lowest BCUT2D eigenvalue weighted by atomic mass is 10.2. The molecule has 4 rings (SSSR count). The van der Waals surface area contributed by atoms with E-state index < -0.39 is 10.2 Å². The van der Waals surface area contributed by atoms with E-state index in [1.165, 1.54) is 36.0 Å². The zero-order valence-corrected chi connectivity index (χ0v) is 17.8. The highest BCUT2D eigenvalue weighted by Gasteiger charge is 2.22. The maximum Gasteiger partial charge on any atom is 0.269 e. The van der Waals surface area contributed by atoms with E-state index in [9.17, 15) is 14.9 Å². The Hall–Kier alpha value is -4.05. The molecule has 1 unspecified atom stereocenters. The van der Waals surface area contributed by atoms with Gasteiger partial charge in [0.2, 0.25) is 5.91 Å². The van der Waals surface area contributed by atoms with Crippen LogP contribution in [0.1, 0.15) is 6.92 Å². The number of nitrogens with zero attached hydrogens (tertiary/aromatic N) is 5.